The molecular weight excluding hydrogens is 536 g/mol. The Balaban J connectivity index is 1.21. The van der Waals surface area contributed by atoms with Crippen molar-refractivity contribution in [3.05, 3.63) is 0 Å². The van der Waals surface area contributed by atoms with Crippen LogP contribution in [0.3, 0.4) is 0 Å². The molecule has 2 bridgehead atoms. The van der Waals surface area contributed by atoms with Gasteiger partial charge in [-0.2, -0.15) is 0 Å². The minimum atomic E-state index is -1.07. The quantitative estimate of drug-likeness (QED) is 0.177. The van der Waals surface area contributed by atoms with Crippen molar-refractivity contribution in [3.63, 3.8) is 0 Å². The van der Waals surface area contributed by atoms with Crippen LogP contribution in [0, 0.1) is 29.6 Å². The van der Waals surface area contributed by atoms with Crippen LogP contribution in [0.2, 0.25) is 0 Å². The lowest BCUT2D eigenvalue weighted by atomic mass is 9.58. The van der Waals surface area contributed by atoms with Crippen molar-refractivity contribution in [2.24, 2.45) is 29.6 Å². The number of hydrogen-bond acceptors (Lipinski definition) is 9. The van der Waals surface area contributed by atoms with Gasteiger partial charge in [0.2, 0.25) is 23.9 Å². The molecule has 232 valence electrons. The van der Waals surface area contributed by atoms with E-state index in [9.17, 15) is 24.3 Å². The average Bonchev–Trinajstić information content (AvgIpc) is 3.13. The van der Waals surface area contributed by atoms with Crippen molar-refractivity contribution in [2.45, 2.75) is 122 Å². The highest BCUT2D eigenvalue weighted by atomic mass is 17.3. The molecular formula is C29H46N2O10. The highest BCUT2D eigenvalue weighted by molar-refractivity contribution is 5.83. The first-order chi connectivity index (χ1) is 19.3. The maximum atomic E-state index is 12.7. The van der Waals surface area contributed by atoms with Crippen LogP contribution in [0.15, 0.2) is 0 Å². The highest BCUT2D eigenvalue weighted by Gasteiger charge is 2.69. The monoisotopic (exact) mass is 582 g/mol. The Morgan fingerprint density at radius 3 is 2.46 bits per heavy atom. The molecule has 0 aromatic heterocycles. The van der Waals surface area contributed by atoms with Crippen LogP contribution in [0.5, 0.6) is 0 Å². The number of ether oxygens (including phenoxy) is 3. The number of hydrogen-bond donors (Lipinski definition) is 3. The van der Waals surface area contributed by atoms with Gasteiger partial charge in [0.15, 0.2) is 11.9 Å². The van der Waals surface area contributed by atoms with E-state index in [0.717, 1.165) is 19.3 Å². The van der Waals surface area contributed by atoms with Crippen LogP contribution in [-0.4, -0.2) is 65.4 Å². The minimum absolute atomic E-state index is 0.0274. The summed E-state index contributed by atoms with van der Waals surface area (Å²) in [4.78, 5) is 60.3. The zero-order chi connectivity index (χ0) is 29.9. The molecule has 1 saturated carbocycles. The van der Waals surface area contributed by atoms with E-state index in [2.05, 4.69) is 17.6 Å². The van der Waals surface area contributed by atoms with E-state index in [4.69, 9.17) is 24.0 Å². The maximum absolute atomic E-state index is 12.7. The summed E-state index contributed by atoms with van der Waals surface area (Å²) in [5.74, 6) is -2.61. The van der Waals surface area contributed by atoms with Gasteiger partial charge in [-0.05, 0) is 56.8 Å². The molecule has 1 spiro atoms. The second kappa shape index (κ2) is 12.9. The Hall–Kier alpha value is -2.28. The molecule has 9 atom stereocenters. The molecule has 2 amide bonds. The minimum Gasteiger partial charge on any atom is -0.480 e. The van der Waals surface area contributed by atoms with Gasteiger partial charge >= 0.3 is 11.9 Å². The number of carbonyl (C=O) groups excluding carboxylic acids is 3. The fourth-order valence-corrected chi connectivity index (χ4v) is 6.94. The molecule has 12 nitrogen and oxygen atoms in total. The molecule has 5 rings (SSSR count). The summed E-state index contributed by atoms with van der Waals surface area (Å²) >= 11 is 0. The van der Waals surface area contributed by atoms with Gasteiger partial charge in [0.25, 0.3) is 0 Å². The van der Waals surface area contributed by atoms with Crippen LogP contribution < -0.4 is 10.6 Å². The zero-order valence-corrected chi connectivity index (χ0v) is 24.8. The van der Waals surface area contributed by atoms with Crippen LogP contribution in [0.1, 0.15) is 92.4 Å². The largest absolute Gasteiger partial charge is 0.480 e. The summed E-state index contributed by atoms with van der Waals surface area (Å²) in [5, 5.41) is 14.5. The fraction of sp³-hybridized carbons (Fsp3) is 0.862. The topological polar surface area (TPSA) is 159 Å². The Labute approximate surface area is 241 Å². The van der Waals surface area contributed by atoms with E-state index in [0.29, 0.717) is 25.2 Å². The van der Waals surface area contributed by atoms with Gasteiger partial charge in [0.1, 0.15) is 6.04 Å². The predicted molar refractivity (Wildman–Crippen MR) is 143 cm³/mol. The van der Waals surface area contributed by atoms with Gasteiger partial charge in [-0.3, -0.25) is 14.4 Å². The Bertz CT molecular complexity index is 991. The summed E-state index contributed by atoms with van der Waals surface area (Å²) < 4.78 is 18.3. The molecule has 5 aliphatic rings. The molecule has 4 aliphatic heterocycles. The lowest BCUT2D eigenvalue weighted by Crippen LogP contribution is -2.70. The Morgan fingerprint density at radius 2 is 1.76 bits per heavy atom. The number of amides is 2. The van der Waals surface area contributed by atoms with Gasteiger partial charge in [-0.1, -0.05) is 27.7 Å². The van der Waals surface area contributed by atoms with Crippen LogP contribution >= 0.6 is 0 Å². The third kappa shape index (κ3) is 7.03. The average molecular weight is 583 g/mol. The molecule has 4 saturated heterocycles. The number of carboxylic acids is 1. The SMILES string of the molecule is CC(C)C[C@H](NC(=O)CCCNC(=O)CCC(=O)O[C@H]1O[C@H]2O[C@@]3(C)CC[C@H]4[C@H](C)CC[C@H]([C@@H]1C)[C@]24OO3)C(=O)O. The van der Waals surface area contributed by atoms with Crippen molar-refractivity contribution >= 4 is 23.8 Å². The van der Waals surface area contributed by atoms with Crippen LogP contribution in [-0.2, 0) is 43.2 Å². The maximum Gasteiger partial charge on any atom is 0.326 e. The van der Waals surface area contributed by atoms with E-state index >= 15 is 0 Å². The van der Waals surface area contributed by atoms with Crippen LogP contribution in [0.4, 0.5) is 0 Å². The summed E-state index contributed by atoms with van der Waals surface area (Å²) in [6.07, 6.45) is 2.56. The third-order valence-electron chi connectivity index (χ3n) is 9.14. The first-order valence-corrected chi connectivity index (χ1v) is 15.0. The van der Waals surface area contributed by atoms with E-state index in [1.165, 1.54) is 0 Å². The molecule has 3 N–H and O–H groups in total. The second-order valence-corrected chi connectivity index (χ2v) is 12.8. The Morgan fingerprint density at radius 1 is 1.00 bits per heavy atom. The van der Waals surface area contributed by atoms with Crippen molar-refractivity contribution in [1.82, 2.24) is 10.6 Å². The van der Waals surface area contributed by atoms with E-state index in [1.54, 1.807) is 0 Å². The summed E-state index contributed by atoms with van der Waals surface area (Å²) in [6.45, 7) is 10.1. The van der Waals surface area contributed by atoms with Gasteiger partial charge in [-0.15, -0.1) is 0 Å². The second-order valence-electron chi connectivity index (χ2n) is 12.8. The molecule has 41 heavy (non-hydrogen) atoms. The highest BCUT2D eigenvalue weighted by Crippen LogP contribution is 2.60. The molecule has 0 aromatic rings. The summed E-state index contributed by atoms with van der Waals surface area (Å²) in [5.41, 5.74) is -0.740. The summed E-state index contributed by atoms with van der Waals surface area (Å²) in [6, 6.07) is -0.930. The van der Waals surface area contributed by atoms with Crippen molar-refractivity contribution in [3.8, 4) is 0 Å². The standard InChI is InChI=1S/C29H46N2O10/c1-16(2)15-21(25(35)36)31-23(33)7-6-14-30-22(32)10-11-24(34)37-26-18(4)20-9-8-17(3)19-12-13-28(5)39-27(38-26)29(19,20)41-40-28/h16-21,26-27H,6-15H2,1-5H3,(H,30,32)(H,31,33)(H,35,36)/t17-,18+,19+,20-,21+,26+,27+,28-,29+/m1/s1. The number of nitrogens with one attached hydrogen (secondary N) is 2. The first kappa shape index (κ1) is 31.7. The lowest BCUT2D eigenvalue weighted by molar-refractivity contribution is -0.576. The summed E-state index contributed by atoms with van der Waals surface area (Å²) in [7, 11) is 0. The van der Waals surface area contributed by atoms with E-state index in [-0.39, 0.29) is 61.3 Å². The van der Waals surface area contributed by atoms with Crippen molar-refractivity contribution in [1.29, 1.82) is 0 Å². The molecule has 0 unspecified atom stereocenters. The normalized spacial score (nSPS) is 36.5. The van der Waals surface area contributed by atoms with E-state index < -0.39 is 41.9 Å². The van der Waals surface area contributed by atoms with Gasteiger partial charge in [0, 0.05) is 37.6 Å². The Kier molecular flexibility index (Phi) is 9.98. The molecule has 12 heteroatoms. The van der Waals surface area contributed by atoms with Crippen molar-refractivity contribution < 1.29 is 48.3 Å². The first-order valence-electron chi connectivity index (χ1n) is 15.0. The number of aliphatic carboxylic acids is 1. The van der Waals surface area contributed by atoms with Gasteiger partial charge < -0.3 is 30.0 Å². The number of carbonyl (C=O) groups is 4. The molecule has 4 heterocycles. The van der Waals surface area contributed by atoms with E-state index in [1.807, 2.05) is 27.7 Å². The molecule has 1 aliphatic carbocycles. The van der Waals surface area contributed by atoms with Crippen molar-refractivity contribution in [2.75, 3.05) is 6.54 Å². The number of rotatable bonds is 12. The van der Waals surface area contributed by atoms with Crippen LogP contribution in [0.25, 0.3) is 0 Å². The molecule has 0 aromatic carbocycles. The molecule has 0 radical (unpaired) electrons. The third-order valence-corrected chi connectivity index (χ3v) is 9.14. The smallest absolute Gasteiger partial charge is 0.326 e. The molecule has 5 fully saturated rings. The number of fused-ring (bicyclic) bond motifs is 2. The zero-order valence-electron chi connectivity index (χ0n) is 24.8. The lowest BCUT2D eigenvalue weighted by Gasteiger charge is -2.59. The predicted octanol–water partition coefficient (Wildman–Crippen LogP) is 3.03. The number of esters is 1. The van der Waals surface area contributed by atoms with Gasteiger partial charge in [0.05, 0.1) is 6.42 Å². The number of carboxylic acid groups (broad SMARTS) is 1. The van der Waals surface area contributed by atoms with Gasteiger partial charge in [-0.25, -0.2) is 14.6 Å². The fourth-order valence-electron chi connectivity index (χ4n) is 6.94.